The Morgan fingerprint density at radius 2 is 1.81 bits per heavy atom. The summed E-state index contributed by atoms with van der Waals surface area (Å²) in [6, 6.07) is 4.39. The zero-order valence-corrected chi connectivity index (χ0v) is 22.0. The highest BCUT2D eigenvalue weighted by Gasteiger charge is 2.49. The fourth-order valence-corrected chi connectivity index (χ4v) is 5.63. The molecule has 1 unspecified atom stereocenters. The van der Waals surface area contributed by atoms with Gasteiger partial charge in [0.2, 0.25) is 11.8 Å². The normalized spacial score (nSPS) is 21.3. The SMILES string of the molecule is CC(=O)Nc1c2n(c3ccc(F)cc13)CC(C)(C(=O)NC1CCCCCCC1)N(CCC(C)C)C2=O. The number of anilines is 1. The molecule has 7 nitrogen and oxygen atoms in total. The summed E-state index contributed by atoms with van der Waals surface area (Å²) in [4.78, 5) is 41.7. The topological polar surface area (TPSA) is 83.4 Å². The van der Waals surface area contributed by atoms with Crippen molar-refractivity contribution in [2.45, 2.75) is 97.2 Å². The summed E-state index contributed by atoms with van der Waals surface area (Å²) in [7, 11) is 0. The van der Waals surface area contributed by atoms with E-state index in [1.165, 1.54) is 38.3 Å². The molecule has 2 aromatic rings. The number of halogens is 1. The summed E-state index contributed by atoms with van der Waals surface area (Å²) in [6.45, 7) is 8.02. The van der Waals surface area contributed by atoms with Crippen molar-refractivity contribution in [2.24, 2.45) is 5.92 Å². The van der Waals surface area contributed by atoms with Gasteiger partial charge in [-0.15, -0.1) is 0 Å². The molecule has 0 radical (unpaired) electrons. The highest BCUT2D eigenvalue weighted by Crippen LogP contribution is 2.39. The maximum Gasteiger partial charge on any atom is 0.273 e. The molecule has 1 aromatic carbocycles. The minimum absolute atomic E-state index is 0.100. The number of benzene rings is 1. The molecular weight excluding hydrogens is 459 g/mol. The van der Waals surface area contributed by atoms with Crippen LogP contribution in [0.5, 0.6) is 0 Å². The van der Waals surface area contributed by atoms with Crippen molar-refractivity contribution in [2.75, 3.05) is 11.9 Å². The van der Waals surface area contributed by atoms with E-state index < -0.39 is 11.4 Å². The molecule has 36 heavy (non-hydrogen) atoms. The Morgan fingerprint density at radius 3 is 2.44 bits per heavy atom. The smallest absolute Gasteiger partial charge is 0.273 e. The lowest BCUT2D eigenvalue weighted by Gasteiger charge is -2.45. The molecule has 1 fully saturated rings. The van der Waals surface area contributed by atoms with Crippen molar-refractivity contribution < 1.29 is 18.8 Å². The number of hydrogen-bond donors (Lipinski definition) is 2. The minimum Gasteiger partial charge on any atom is -0.351 e. The van der Waals surface area contributed by atoms with Crippen LogP contribution in [0, 0.1) is 11.7 Å². The highest BCUT2D eigenvalue weighted by molar-refractivity contribution is 6.14. The van der Waals surface area contributed by atoms with E-state index in [4.69, 9.17) is 0 Å². The van der Waals surface area contributed by atoms with Gasteiger partial charge in [-0.2, -0.15) is 0 Å². The monoisotopic (exact) mass is 498 g/mol. The van der Waals surface area contributed by atoms with Gasteiger partial charge in [-0.3, -0.25) is 14.4 Å². The van der Waals surface area contributed by atoms with Crippen LogP contribution in [-0.2, 0) is 16.1 Å². The molecule has 1 aromatic heterocycles. The van der Waals surface area contributed by atoms with Crippen LogP contribution in [0.1, 0.15) is 89.5 Å². The van der Waals surface area contributed by atoms with Crippen LogP contribution in [0.2, 0.25) is 0 Å². The van der Waals surface area contributed by atoms with Crippen LogP contribution in [0.4, 0.5) is 10.1 Å². The standard InChI is InChI=1S/C28H39FN4O3/c1-18(2)14-15-33-26(35)25-24(30-19(3)34)22-16-20(29)12-13-23(22)32(25)17-28(33,4)27(36)31-21-10-8-6-5-7-9-11-21/h12-13,16,18,21H,5-11,14-15,17H2,1-4H3,(H,30,34)(H,31,36). The molecule has 2 N–H and O–H groups in total. The van der Waals surface area contributed by atoms with E-state index in [9.17, 15) is 18.8 Å². The Kier molecular flexibility index (Phi) is 7.71. The summed E-state index contributed by atoms with van der Waals surface area (Å²) in [6.07, 6.45) is 8.44. The zero-order valence-electron chi connectivity index (χ0n) is 22.0. The van der Waals surface area contributed by atoms with Crippen LogP contribution in [0.25, 0.3) is 10.9 Å². The summed E-state index contributed by atoms with van der Waals surface area (Å²) in [5.41, 5.74) is 0.108. The average Bonchev–Trinajstić information content (AvgIpc) is 3.06. The van der Waals surface area contributed by atoms with Gasteiger partial charge < -0.3 is 20.1 Å². The predicted octanol–water partition coefficient (Wildman–Crippen LogP) is 5.23. The maximum absolute atomic E-state index is 14.2. The second kappa shape index (κ2) is 10.6. The van der Waals surface area contributed by atoms with Gasteiger partial charge in [0.05, 0.1) is 17.7 Å². The fourth-order valence-electron chi connectivity index (χ4n) is 5.63. The second-order valence-corrected chi connectivity index (χ2v) is 11.1. The molecule has 0 saturated heterocycles. The molecule has 0 spiro atoms. The lowest BCUT2D eigenvalue weighted by Crippen LogP contribution is -2.65. The molecule has 2 aliphatic rings. The number of aromatic nitrogens is 1. The van der Waals surface area contributed by atoms with Crippen molar-refractivity contribution >= 4 is 34.3 Å². The quantitative estimate of drug-likeness (QED) is 0.572. The summed E-state index contributed by atoms with van der Waals surface area (Å²) >= 11 is 0. The molecule has 1 saturated carbocycles. The molecule has 4 rings (SSSR count). The Morgan fingerprint density at radius 1 is 1.14 bits per heavy atom. The van der Waals surface area contributed by atoms with E-state index >= 15 is 0 Å². The number of nitrogens with one attached hydrogen (secondary N) is 2. The van der Waals surface area contributed by atoms with Crippen LogP contribution >= 0.6 is 0 Å². The van der Waals surface area contributed by atoms with Crippen LogP contribution < -0.4 is 10.6 Å². The first kappa shape index (κ1) is 26.2. The Labute approximate surface area is 212 Å². The number of hydrogen-bond acceptors (Lipinski definition) is 3. The number of amides is 3. The zero-order chi connectivity index (χ0) is 26.0. The molecule has 3 amide bonds. The number of nitrogens with zero attached hydrogens (tertiary/aromatic N) is 2. The van der Waals surface area contributed by atoms with Crippen molar-refractivity contribution in [3.63, 3.8) is 0 Å². The molecule has 1 aliphatic carbocycles. The summed E-state index contributed by atoms with van der Waals surface area (Å²) in [5.74, 6) is -0.928. The van der Waals surface area contributed by atoms with E-state index in [0.29, 0.717) is 34.7 Å². The van der Waals surface area contributed by atoms with Gasteiger partial charge in [0, 0.05) is 24.9 Å². The summed E-state index contributed by atoms with van der Waals surface area (Å²) in [5, 5.41) is 6.51. The fraction of sp³-hybridized carbons (Fsp3) is 0.607. The highest BCUT2D eigenvalue weighted by atomic mass is 19.1. The minimum atomic E-state index is -1.12. The third-order valence-corrected chi connectivity index (χ3v) is 7.70. The Balaban J connectivity index is 1.77. The predicted molar refractivity (Wildman–Crippen MR) is 139 cm³/mol. The van der Waals surface area contributed by atoms with E-state index in [1.807, 2.05) is 6.92 Å². The van der Waals surface area contributed by atoms with E-state index in [0.717, 1.165) is 32.1 Å². The molecule has 8 heteroatoms. The lowest BCUT2D eigenvalue weighted by molar-refractivity contribution is -0.133. The second-order valence-electron chi connectivity index (χ2n) is 11.1. The van der Waals surface area contributed by atoms with Gasteiger partial charge in [0.15, 0.2) is 0 Å². The van der Waals surface area contributed by atoms with Crippen LogP contribution in [0.3, 0.4) is 0 Å². The molecule has 0 bridgehead atoms. The van der Waals surface area contributed by atoms with E-state index in [2.05, 4.69) is 24.5 Å². The summed E-state index contributed by atoms with van der Waals surface area (Å²) < 4.78 is 16.0. The number of carbonyl (C=O) groups is 3. The molecular formula is C28H39FN4O3. The van der Waals surface area contributed by atoms with Crippen LogP contribution in [-0.4, -0.2) is 45.3 Å². The van der Waals surface area contributed by atoms with Crippen molar-refractivity contribution in [3.8, 4) is 0 Å². The van der Waals surface area contributed by atoms with Gasteiger partial charge in [-0.1, -0.05) is 46.0 Å². The first-order valence-electron chi connectivity index (χ1n) is 13.3. The number of carbonyl (C=O) groups excluding carboxylic acids is 3. The van der Waals surface area contributed by atoms with Crippen LogP contribution in [0.15, 0.2) is 18.2 Å². The number of rotatable bonds is 6. The number of fused-ring (bicyclic) bond motifs is 3. The van der Waals surface area contributed by atoms with Gasteiger partial charge in [-0.05, 0) is 50.3 Å². The van der Waals surface area contributed by atoms with Gasteiger partial charge >= 0.3 is 0 Å². The van der Waals surface area contributed by atoms with E-state index in [1.54, 1.807) is 15.5 Å². The molecule has 1 aliphatic heterocycles. The van der Waals surface area contributed by atoms with Crippen molar-refractivity contribution in [1.29, 1.82) is 0 Å². The van der Waals surface area contributed by atoms with Crippen molar-refractivity contribution in [3.05, 3.63) is 29.7 Å². The van der Waals surface area contributed by atoms with Gasteiger partial charge in [0.25, 0.3) is 5.91 Å². The van der Waals surface area contributed by atoms with E-state index in [-0.39, 0.29) is 30.3 Å². The Bertz CT molecular complexity index is 1150. The molecule has 2 heterocycles. The molecule has 1 atom stereocenters. The first-order chi connectivity index (χ1) is 17.1. The van der Waals surface area contributed by atoms with Crippen molar-refractivity contribution in [1.82, 2.24) is 14.8 Å². The van der Waals surface area contributed by atoms with Gasteiger partial charge in [0.1, 0.15) is 17.1 Å². The lowest BCUT2D eigenvalue weighted by atomic mass is 9.91. The molecule has 196 valence electrons. The van der Waals surface area contributed by atoms with Gasteiger partial charge in [-0.25, -0.2) is 4.39 Å². The largest absolute Gasteiger partial charge is 0.351 e. The average molecular weight is 499 g/mol. The maximum atomic E-state index is 14.2. The third kappa shape index (κ3) is 5.13. The first-order valence-corrected chi connectivity index (χ1v) is 13.3. The Hall–Kier alpha value is -2.90. The third-order valence-electron chi connectivity index (χ3n) is 7.70.